The molecule has 1 nitrogen and oxygen atoms in total. The Balaban J connectivity index is 2.44. The van der Waals surface area contributed by atoms with Crippen molar-refractivity contribution in [2.45, 2.75) is 13.8 Å². The summed E-state index contributed by atoms with van der Waals surface area (Å²) in [6.07, 6.45) is 0. The maximum absolute atomic E-state index is 4.05. The molecule has 1 heterocycles. The van der Waals surface area contributed by atoms with Gasteiger partial charge in [0.1, 0.15) is 0 Å². The van der Waals surface area contributed by atoms with Crippen molar-refractivity contribution in [3.05, 3.63) is 47.9 Å². The Labute approximate surface area is 107 Å². The highest BCUT2D eigenvalue weighted by Crippen LogP contribution is 2.37. The van der Waals surface area contributed by atoms with Crippen molar-refractivity contribution in [1.82, 2.24) is 0 Å². The van der Waals surface area contributed by atoms with Gasteiger partial charge in [0.15, 0.2) is 0 Å². The van der Waals surface area contributed by atoms with E-state index in [1.54, 1.807) is 11.3 Å². The van der Waals surface area contributed by atoms with Gasteiger partial charge in [0.05, 0.1) is 10.6 Å². The largest absolute Gasteiger partial charge is 0.384 e. The maximum atomic E-state index is 4.05. The molecule has 1 aromatic heterocycles. The van der Waals surface area contributed by atoms with Crippen molar-refractivity contribution in [3.8, 4) is 10.4 Å². The van der Waals surface area contributed by atoms with Crippen molar-refractivity contribution >= 4 is 22.6 Å². The van der Waals surface area contributed by atoms with Crippen LogP contribution < -0.4 is 5.32 Å². The number of benzene rings is 1. The summed E-state index contributed by atoms with van der Waals surface area (Å²) in [5, 5.41) is 3.40. The fraction of sp³-hybridized carbons (Fsp3) is 0.200. The molecule has 1 N–H and O–H groups in total. The first-order valence-corrected chi connectivity index (χ1v) is 6.63. The quantitative estimate of drug-likeness (QED) is 0.807. The van der Waals surface area contributed by atoms with E-state index in [1.165, 1.54) is 21.0 Å². The summed E-state index contributed by atoms with van der Waals surface area (Å²) in [5.41, 5.74) is 3.58. The smallest absolute Gasteiger partial charge is 0.0532 e. The first-order valence-electron chi connectivity index (χ1n) is 5.81. The number of rotatable bonds is 4. The van der Waals surface area contributed by atoms with Gasteiger partial charge in [-0.25, -0.2) is 0 Å². The Kier molecular flexibility index (Phi) is 3.64. The van der Waals surface area contributed by atoms with Gasteiger partial charge in [-0.2, -0.15) is 0 Å². The normalized spacial score (nSPS) is 10.2. The van der Waals surface area contributed by atoms with Gasteiger partial charge in [-0.05, 0) is 31.1 Å². The van der Waals surface area contributed by atoms with Gasteiger partial charge < -0.3 is 5.32 Å². The monoisotopic (exact) mass is 243 g/mol. The van der Waals surface area contributed by atoms with Gasteiger partial charge in [-0.3, -0.25) is 0 Å². The van der Waals surface area contributed by atoms with Crippen LogP contribution in [-0.4, -0.2) is 6.54 Å². The third-order valence-corrected chi connectivity index (χ3v) is 3.89. The van der Waals surface area contributed by atoms with E-state index in [9.17, 15) is 0 Å². The van der Waals surface area contributed by atoms with Crippen molar-refractivity contribution < 1.29 is 0 Å². The number of thiophene rings is 1. The number of anilines is 1. The van der Waals surface area contributed by atoms with Crippen LogP contribution in [0.3, 0.4) is 0 Å². The van der Waals surface area contributed by atoms with E-state index in [1.807, 2.05) is 6.07 Å². The molecule has 2 rings (SSSR count). The molecule has 0 aliphatic rings. The number of allylic oxidation sites excluding steroid dienone is 1. The van der Waals surface area contributed by atoms with Crippen molar-refractivity contribution in [3.63, 3.8) is 0 Å². The molecule has 0 radical (unpaired) electrons. The molecule has 0 aliphatic carbocycles. The molecule has 17 heavy (non-hydrogen) atoms. The van der Waals surface area contributed by atoms with Crippen LogP contribution in [0.2, 0.25) is 0 Å². The molecule has 0 fully saturated rings. The highest BCUT2D eigenvalue weighted by atomic mass is 32.1. The van der Waals surface area contributed by atoms with Crippen molar-refractivity contribution in [1.29, 1.82) is 0 Å². The second-order valence-electron chi connectivity index (χ2n) is 4.03. The minimum Gasteiger partial charge on any atom is -0.384 e. The fourth-order valence-corrected chi connectivity index (χ4v) is 2.84. The van der Waals surface area contributed by atoms with Gasteiger partial charge in [-0.1, -0.05) is 36.9 Å². The zero-order valence-corrected chi connectivity index (χ0v) is 11.1. The van der Waals surface area contributed by atoms with E-state index in [4.69, 9.17) is 0 Å². The Morgan fingerprint density at radius 3 is 2.59 bits per heavy atom. The molecule has 0 spiro atoms. The molecule has 0 amide bonds. The van der Waals surface area contributed by atoms with Crippen LogP contribution in [0.25, 0.3) is 16.0 Å². The molecule has 0 saturated carbocycles. The van der Waals surface area contributed by atoms with E-state index < -0.39 is 0 Å². The summed E-state index contributed by atoms with van der Waals surface area (Å²) in [4.78, 5) is 2.55. The summed E-state index contributed by atoms with van der Waals surface area (Å²) in [6.45, 7) is 9.15. The number of hydrogen-bond acceptors (Lipinski definition) is 2. The lowest BCUT2D eigenvalue weighted by Gasteiger charge is -2.02. The Morgan fingerprint density at radius 2 is 2.00 bits per heavy atom. The van der Waals surface area contributed by atoms with Crippen LogP contribution >= 0.6 is 11.3 Å². The molecule has 2 heteroatoms. The summed E-state index contributed by atoms with van der Waals surface area (Å²) in [7, 11) is 0. The molecule has 1 aromatic carbocycles. The molecule has 0 saturated heterocycles. The topological polar surface area (TPSA) is 12.0 Å². The minimum atomic E-state index is 0.936. The molecular formula is C15H17NS. The van der Waals surface area contributed by atoms with E-state index in [0.717, 1.165) is 12.1 Å². The summed E-state index contributed by atoms with van der Waals surface area (Å²) < 4.78 is 0. The zero-order valence-electron chi connectivity index (χ0n) is 10.3. The first-order chi connectivity index (χ1) is 8.22. The lowest BCUT2D eigenvalue weighted by atomic mass is 10.2. The van der Waals surface area contributed by atoms with Crippen LogP contribution in [0.5, 0.6) is 0 Å². The van der Waals surface area contributed by atoms with Crippen LogP contribution in [0.15, 0.2) is 43.0 Å². The lowest BCUT2D eigenvalue weighted by Crippen LogP contribution is -1.96. The third-order valence-electron chi connectivity index (χ3n) is 2.55. The maximum Gasteiger partial charge on any atom is 0.0532 e. The van der Waals surface area contributed by atoms with Gasteiger partial charge in [0, 0.05) is 11.4 Å². The second kappa shape index (κ2) is 5.19. The summed E-state index contributed by atoms with van der Waals surface area (Å²) >= 11 is 1.80. The number of hydrogen-bond donors (Lipinski definition) is 1. The van der Waals surface area contributed by atoms with Crippen LogP contribution in [-0.2, 0) is 0 Å². The van der Waals surface area contributed by atoms with E-state index in [-0.39, 0.29) is 0 Å². The lowest BCUT2D eigenvalue weighted by molar-refractivity contribution is 1.22. The molecule has 0 unspecified atom stereocenters. The average Bonchev–Trinajstić information content (AvgIpc) is 2.75. The standard InChI is InChI=1S/C15H17NS/c1-4-16-13-10-14(17-15(13)11(2)3)12-8-6-5-7-9-12/h5-10,16H,2,4H2,1,3H3. The summed E-state index contributed by atoms with van der Waals surface area (Å²) in [6, 6.07) is 12.7. The van der Waals surface area contributed by atoms with Crippen LogP contribution in [0, 0.1) is 0 Å². The molecule has 0 aliphatic heterocycles. The fourth-order valence-electron chi connectivity index (χ4n) is 1.77. The highest BCUT2D eigenvalue weighted by Gasteiger charge is 2.10. The van der Waals surface area contributed by atoms with Crippen LogP contribution in [0.4, 0.5) is 5.69 Å². The van der Waals surface area contributed by atoms with Gasteiger partial charge in [0.25, 0.3) is 0 Å². The van der Waals surface area contributed by atoms with Gasteiger partial charge in [0.2, 0.25) is 0 Å². The number of nitrogens with one attached hydrogen (secondary N) is 1. The Hall–Kier alpha value is -1.54. The minimum absolute atomic E-state index is 0.936. The third kappa shape index (κ3) is 2.59. The summed E-state index contributed by atoms with van der Waals surface area (Å²) in [5.74, 6) is 0. The van der Waals surface area contributed by atoms with E-state index >= 15 is 0 Å². The highest BCUT2D eigenvalue weighted by molar-refractivity contribution is 7.17. The molecule has 0 atom stereocenters. The SMILES string of the molecule is C=C(C)c1sc(-c2ccccc2)cc1NCC. The predicted molar refractivity (Wildman–Crippen MR) is 78.6 cm³/mol. The molecular weight excluding hydrogens is 226 g/mol. The molecule has 0 bridgehead atoms. The Bertz CT molecular complexity index is 511. The van der Waals surface area contributed by atoms with Gasteiger partial charge in [-0.15, -0.1) is 11.3 Å². The Morgan fingerprint density at radius 1 is 1.29 bits per heavy atom. The van der Waals surface area contributed by atoms with Gasteiger partial charge >= 0.3 is 0 Å². The molecule has 88 valence electrons. The van der Waals surface area contributed by atoms with Crippen LogP contribution in [0.1, 0.15) is 18.7 Å². The second-order valence-corrected chi connectivity index (χ2v) is 5.08. The van der Waals surface area contributed by atoms with E-state index in [0.29, 0.717) is 0 Å². The first kappa shape index (κ1) is 11.9. The van der Waals surface area contributed by atoms with Crippen molar-refractivity contribution in [2.75, 3.05) is 11.9 Å². The molecule has 2 aromatic rings. The zero-order chi connectivity index (χ0) is 12.3. The van der Waals surface area contributed by atoms with Crippen molar-refractivity contribution in [2.24, 2.45) is 0 Å². The van der Waals surface area contributed by atoms with E-state index in [2.05, 4.69) is 56.1 Å². The predicted octanol–water partition coefficient (Wildman–Crippen LogP) is 4.88. The average molecular weight is 243 g/mol.